The number of nitrogens with one attached hydrogen (secondary N) is 1. The second-order valence-corrected chi connectivity index (χ2v) is 8.67. The molecule has 3 rings (SSSR count). The summed E-state index contributed by atoms with van der Waals surface area (Å²) in [5.74, 6) is -2.67. The van der Waals surface area contributed by atoms with Gasteiger partial charge in [-0.05, 0) is 35.9 Å². The van der Waals surface area contributed by atoms with Crippen molar-refractivity contribution < 1.29 is 22.8 Å². The topological polar surface area (TPSA) is 49.4 Å². The number of hydrogen-bond acceptors (Lipinski definition) is 3. The lowest BCUT2D eigenvalue weighted by molar-refractivity contribution is -0.189. The fourth-order valence-electron chi connectivity index (χ4n) is 3.65. The minimum absolute atomic E-state index is 0.100. The van der Waals surface area contributed by atoms with Crippen molar-refractivity contribution in [2.75, 3.05) is 0 Å². The van der Waals surface area contributed by atoms with E-state index >= 15 is 0 Å². The molecule has 0 bridgehead atoms. The molecule has 2 amide bonds. The van der Waals surface area contributed by atoms with E-state index in [1.54, 1.807) is 35.7 Å². The Morgan fingerprint density at radius 2 is 1.83 bits per heavy atom. The monoisotopic (exact) mass is 458 g/mol. The van der Waals surface area contributed by atoms with Crippen LogP contribution < -0.4 is 5.32 Å². The molecule has 1 N–H and O–H groups in total. The van der Waals surface area contributed by atoms with E-state index in [9.17, 15) is 22.8 Å². The Morgan fingerprint density at radius 3 is 2.43 bits per heavy atom. The van der Waals surface area contributed by atoms with Crippen molar-refractivity contribution in [1.82, 2.24) is 10.2 Å². The predicted molar refractivity (Wildman–Crippen MR) is 110 cm³/mol. The van der Waals surface area contributed by atoms with Crippen LogP contribution >= 0.6 is 22.9 Å². The molecule has 30 heavy (non-hydrogen) atoms. The zero-order chi connectivity index (χ0) is 21.7. The third-order valence-corrected chi connectivity index (χ3v) is 6.42. The average Bonchev–Trinajstić information content (AvgIpc) is 3.22. The van der Waals surface area contributed by atoms with E-state index in [2.05, 4.69) is 5.32 Å². The standard InChI is InChI=1S/C21H22ClF3N2O2S/c22-16-10-5-4-7-14(16)13-27(20(29)21(23,24)25)18(17-11-6-12-30-17)19(28)26-15-8-2-1-3-9-15/h4-7,10-12,15,18H,1-3,8-9,13H2,(H,26,28)/t18-/m1/s1. The van der Waals surface area contributed by atoms with Crippen LogP contribution in [0.5, 0.6) is 0 Å². The van der Waals surface area contributed by atoms with Crippen molar-refractivity contribution in [1.29, 1.82) is 0 Å². The molecule has 0 aliphatic heterocycles. The molecular weight excluding hydrogens is 437 g/mol. The van der Waals surface area contributed by atoms with Crippen LogP contribution in [0.25, 0.3) is 0 Å². The van der Waals surface area contributed by atoms with E-state index in [0.29, 0.717) is 15.3 Å². The number of nitrogens with zero attached hydrogens (tertiary/aromatic N) is 1. The SMILES string of the molecule is O=C(NC1CCCCC1)[C@@H](c1cccs1)N(Cc1ccccc1Cl)C(=O)C(F)(F)F. The van der Waals surface area contributed by atoms with Gasteiger partial charge >= 0.3 is 12.1 Å². The van der Waals surface area contributed by atoms with E-state index in [0.717, 1.165) is 43.4 Å². The maximum absolute atomic E-state index is 13.5. The van der Waals surface area contributed by atoms with Gasteiger partial charge in [0.2, 0.25) is 5.91 Å². The maximum Gasteiger partial charge on any atom is 0.471 e. The molecule has 1 saturated carbocycles. The number of rotatable bonds is 6. The summed E-state index contributed by atoms with van der Waals surface area (Å²) in [5, 5.41) is 4.77. The zero-order valence-corrected chi connectivity index (χ0v) is 17.7. The van der Waals surface area contributed by atoms with Gasteiger partial charge in [-0.1, -0.05) is 55.1 Å². The Morgan fingerprint density at radius 1 is 1.13 bits per heavy atom. The van der Waals surface area contributed by atoms with Crippen molar-refractivity contribution in [2.45, 2.75) is 56.9 Å². The van der Waals surface area contributed by atoms with Gasteiger partial charge in [-0.2, -0.15) is 13.2 Å². The molecule has 1 atom stereocenters. The van der Waals surface area contributed by atoms with Crippen LogP contribution in [0.15, 0.2) is 41.8 Å². The van der Waals surface area contributed by atoms with Crippen LogP contribution in [0, 0.1) is 0 Å². The lowest BCUT2D eigenvalue weighted by Crippen LogP contribution is -2.49. The van der Waals surface area contributed by atoms with Gasteiger partial charge < -0.3 is 10.2 Å². The highest BCUT2D eigenvalue weighted by Gasteiger charge is 2.47. The van der Waals surface area contributed by atoms with Gasteiger partial charge in [0.1, 0.15) is 6.04 Å². The summed E-state index contributed by atoms with van der Waals surface area (Å²) < 4.78 is 40.4. The molecule has 2 aromatic rings. The number of amides is 2. The summed E-state index contributed by atoms with van der Waals surface area (Å²) in [4.78, 5) is 26.5. The van der Waals surface area contributed by atoms with E-state index in [-0.39, 0.29) is 11.1 Å². The fraction of sp³-hybridized carbons (Fsp3) is 0.429. The third kappa shape index (κ3) is 5.55. The first-order chi connectivity index (χ1) is 14.3. The van der Waals surface area contributed by atoms with Gasteiger partial charge in [0.15, 0.2) is 0 Å². The van der Waals surface area contributed by atoms with Crippen molar-refractivity contribution >= 4 is 34.8 Å². The van der Waals surface area contributed by atoms with Crippen LogP contribution in [-0.2, 0) is 16.1 Å². The molecule has 1 aliphatic carbocycles. The molecule has 0 radical (unpaired) electrons. The predicted octanol–water partition coefficient (Wildman–Crippen LogP) is 5.48. The Labute approximate surface area is 182 Å². The van der Waals surface area contributed by atoms with Gasteiger partial charge in [0.05, 0.1) is 0 Å². The molecule has 1 aliphatic rings. The molecule has 1 fully saturated rings. The Balaban J connectivity index is 1.96. The lowest BCUT2D eigenvalue weighted by atomic mass is 9.95. The molecule has 4 nitrogen and oxygen atoms in total. The van der Waals surface area contributed by atoms with Gasteiger partial charge in [-0.3, -0.25) is 9.59 Å². The number of carbonyl (C=O) groups excluding carboxylic acids is 2. The zero-order valence-electron chi connectivity index (χ0n) is 16.1. The summed E-state index contributed by atoms with van der Waals surface area (Å²) in [6.45, 7) is -0.432. The first-order valence-electron chi connectivity index (χ1n) is 9.72. The molecule has 9 heteroatoms. The van der Waals surface area contributed by atoms with Crippen molar-refractivity contribution in [3.05, 3.63) is 57.2 Å². The number of thiophene rings is 1. The molecule has 0 spiro atoms. The third-order valence-electron chi connectivity index (χ3n) is 5.13. The maximum atomic E-state index is 13.5. The van der Waals surface area contributed by atoms with Gasteiger partial charge in [-0.25, -0.2) is 0 Å². The van der Waals surface area contributed by atoms with Crippen LogP contribution in [-0.4, -0.2) is 28.9 Å². The van der Waals surface area contributed by atoms with E-state index in [4.69, 9.17) is 11.6 Å². The number of halogens is 4. The molecule has 0 saturated heterocycles. The molecule has 1 heterocycles. The van der Waals surface area contributed by atoms with Gasteiger partial charge in [0.25, 0.3) is 0 Å². The minimum atomic E-state index is -5.12. The Bertz CT molecular complexity index is 867. The molecule has 0 unspecified atom stereocenters. The lowest BCUT2D eigenvalue weighted by Gasteiger charge is -2.33. The summed E-state index contributed by atoms with van der Waals surface area (Å²) in [7, 11) is 0. The molecule has 1 aromatic heterocycles. The first-order valence-corrected chi connectivity index (χ1v) is 11.0. The van der Waals surface area contributed by atoms with Crippen molar-refractivity contribution in [3.63, 3.8) is 0 Å². The first kappa shape index (κ1) is 22.6. The second-order valence-electron chi connectivity index (χ2n) is 7.28. The van der Waals surface area contributed by atoms with Crippen molar-refractivity contribution in [3.8, 4) is 0 Å². The minimum Gasteiger partial charge on any atom is -0.351 e. The molecular formula is C21H22ClF3N2O2S. The van der Waals surface area contributed by atoms with Crippen LogP contribution in [0.3, 0.4) is 0 Å². The van der Waals surface area contributed by atoms with Crippen LogP contribution in [0.4, 0.5) is 13.2 Å². The highest BCUT2D eigenvalue weighted by Crippen LogP contribution is 2.33. The number of carbonyl (C=O) groups is 2. The second kappa shape index (κ2) is 9.83. The van der Waals surface area contributed by atoms with E-state index < -0.39 is 30.6 Å². The Kier molecular flexibility index (Phi) is 7.41. The van der Waals surface area contributed by atoms with Gasteiger partial charge in [-0.15, -0.1) is 11.3 Å². The largest absolute Gasteiger partial charge is 0.471 e. The smallest absolute Gasteiger partial charge is 0.351 e. The quantitative estimate of drug-likeness (QED) is 0.623. The number of hydrogen-bond donors (Lipinski definition) is 1. The summed E-state index contributed by atoms with van der Waals surface area (Å²) in [5.41, 5.74) is 0.337. The van der Waals surface area contributed by atoms with E-state index in [1.807, 2.05) is 0 Å². The van der Waals surface area contributed by atoms with Crippen LogP contribution in [0.2, 0.25) is 5.02 Å². The number of benzene rings is 1. The highest BCUT2D eigenvalue weighted by atomic mass is 35.5. The normalized spacial score (nSPS) is 16.1. The van der Waals surface area contributed by atoms with Crippen LogP contribution in [0.1, 0.15) is 48.6 Å². The summed E-state index contributed by atoms with van der Waals surface area (Å²) >= 11 is 7.27. The van der Waals surface area contributed by atoms with E-state index in [1.165, 1.54) is 6.07 Å². The Hall–Kier alpha value is -2.06. The molecule has 162 valence electrons. The van der Waals surface area contributed by atoms with Crippen molar-refractivity contribution in [2.24, 2.45) is 0 Å². The average molecular weight is 459 g/mol. The highest BCUT2D eigenvalue weighted by molar-refractivity contribution is 7.10. The fourth-order valence-corrected chi connectivity index (χ4v) is 4.68. The summed E-state index contributed by atoms with van der Waals surface area (Å²) in [6, 6.07) is 8.08. The number of alkyl halides is 3. The molecule has 1 aromatic carbocycles. The summed E-state index contributed by atoms with van der Waals surface area (Å²) in [6.07, 6.45) is -0.575. The van der Waals surface area contributed by atoms with Gasteiger partial charge in [0, 0.05) is 22.5 Å².